The van der Waals surface area contributed by atoms with Crippen molar-refractivity contribution in [1.82, 2.24) is 5.32 Å². The molecule has 1 N–H and O–H groups in total. The lowest BCUT2D eigenvalue weighted by Gasteiger charge is -2.23. The lowest BCUT2D eigenvalue weighted by molar-refractivity contribution is -0.115. The van der Waals surface area contributed by atoms with Crippen LogP contribution in [-0.4, -0.2) is 31.4 Å². The molecule has 25 heavy (non-hydrogen) atoms. The summed E-state index contributed by atoms with van der Waals surface area (Å²) in [5, 5.41) is 9.51. The van der Waals surface area contributed by atoms with E-state index in [4.69, 9.17) is 4.74 Å². The van der Waals surface area contributed by atoms with Crippen molar-refractivity contribution in [3.63, 3.8) is 0 Å². The molecule has 0 aromatic heterocycles. The van der Waals surface area contributed by atoms with Gasteiger partial charge in [-0.1, -0.05) is 48.5 Å². The predicted octanol–water partition coefficient (Wildman–Crippen LogP) is 3.15. The molecule has 2 atom stereocenters. The van der Waals surface area contributed by atoms with E-state index in [0.717, 1.165) is 11.3 Å². The average Bonchev–Trinajstić information content (AvgIpc) is 3.09. The molecule has 0 bridgehead atoms. The zero-order valence-corrected chi connectivity index (χ0v) is 14.6. The Bertz CT molecular complexity index is 731. The fourth-order valence-corrected chi connectivity index (χ4v) is 3.00. The zero-order valence-electron chi connectivity index (χ0n) is 14.6. The van der Waals surface area contributed by atoms with Crippen LogP contribution in [-0.2, 0) is 9.53 Å². The average molecular weight is 337 g/mol. The van der Waals surface area contributed by atoms with Gasteiger partial charge in [-0.3, -0.25) is 9.80 Å². The quantitative estimate of drug-likeness (QED) is 0.881. The second kappa shape index (κ2) is 7.94. The first kappa shape index (κ1) is 17.2. The molecule has 130 valence electrons. The van der Waals surface area contributed by atoms with Gasteiger partial charge >= 0.3 is 0 Å². The minimum Gasteiger partial charge on any atom is -0.383 e. The highest BCUT2D eigenvalue weighted by molar-refractivity contribution is 6.39. The molecule has 0 unspecified atom stereocenters. The molecule has 3 rings (SSSR count). The summed E-state index contributed by atoms with van der Waals surface area (Å²) in [5.41, 5.74) is 2.66. The number of ether oxygens (including phenoxy) is 1. The van der Waals surface area contributed by atoms with Crippen molar-refractivity contribution >= 4 is 17.3 Å². The number of amides is 1. The highest BCUT2D eigenvalue weighted by Gasteiger charge is 2.32. The number of methoxy groups -OCH3 is 1. The Labute approximate surface area is 148 Å². The number of hydrazone groups is 1. The van der Waals surface area contributed by atoms with E-state index in [-0.39, 0.29) is 18.0 Å². The van der Waals surface area contributed by atoms with Crippen LogP contribution in [0.2, 0.25) is 0 Å². The van der Waals surface area contributed by atoms with Crippen LogP contribution in [0.5, 0.6) is 0 Å². The summed E-state index contributed by atoms with van der Waals surface area (Å²) < 4.78 is 5.08. The van der Waals surface area contributed by atoms with E-state index in [9.17, 15) is 4.79 Å². The van der Waals surface area contributed by atoms with Gasteiger partial charge in [0.2, 0.25) is 0 Å². The minimum absolute atomic E-state index is 0.0158. The number of rotatable bonds is 6. The van der Waals surface area contributed by atoms with E-state index >= 15 is 0 Å². The standard InChI is InChI=1S/C20H23N3O2/c1-15(14-25-2)21-20(24)18-13-19(16-9-5-3-6-10-16)23(22-18)17-11-7-4-8-12-17/h3-12,15,19H,13-14H2,1-2H3,(H,21,24)/t15-,19-/m1/s1. The molecule has 2 aromatic carbocycles. The van der Waals surface area contributed by atoms with Gasteiger partial charge in [0.1, 0.15) is 5.71 Å². The maximum absolute atomic E-state index is 12.6. The second-order valence-electron chi connectivity index (χ2n) is 6.19. The van der Waals surface area contributed by atoms with Crippen molar-refractivity contribution in [2.24, 2.45) is 5.10 Å². The fourth-order valence-electron chi connectivity index (χ4n) is 3.00. The molecule has 5 heteroatoms. The number of hydrogen-bond acceptors (Lipinski definition) is 4. The molecule has 1 aliphatic heterocycles. The molecule has 0 radical (unpaired) electrons. The second-order valence-corrected chi connectivity index (χ2v) is 6.19. The first-order chi connectivity index (χ1) is 12.2. The highest BCUT2D eigenvalue weighted by atomic mass is 16.5. The van der Waals surface area contributed by atoms with Crippen molar-refractivity contribution in [3.05, 3.63) is 66.2 Å². The van der Waals surface area contributed by atoms with E-state index in [1.165, 1.54) is 0 Å². The monoisotopic (exact) mass is 337 g/mol. The van der Waals surface area contributed by atoms with Gasteiger partial charge in [-0.05, 0) is 24.6 Å². The van der Waals surface area contributed by atoms with Crippen molar-refractivity contribution in [2.45, 2.75) is 25.4 Å². The van der Waals surface area contributed by atoms with Crippen molar-refractivity contribution in [1.29, 1.82) is 0 Å². The SMILES string of the molecule is COC[C@@H](C)NC(=O)C1=NN(c2ccccc2)[C@@H](c2ccccc2)C1. The smallest absolute Gasteiger partial charge is 0.267 e. The number of hydrogen-bond donors (Lipinski definition) is 1. The fraction of sp³-hybridized carbons (Fsp3) is 0.300. The largest absolute Gasteiger partial charge is 0.383 e. The summed E-state index contributed by atoms with van der Waals surface area (Å²) >= 11 is 0. The minimum atomic E-state index is -0.135. The molecule has 1 heterocycles. The zero-order chi connectivity index (χ0) is 17.6. The number of para-hydroxylation sites is 1. The molecule has 5 nitrogen and oxygen atoms in total. The van der Waals surface area contributed by atoms with Crippen molar-refractivity contribution in [3.8, 4) is 0 Å². The van der Waals surface area contributed by atoms with E-state index in [1.54, 1.807) is 7.11 Å². The molecule has 0 fully saturated rings. The van der Waals surface area contributed by atoms with Gasteiger partial charge in [-0.25, -0.2) is 0 Å². The Morgan fingerprint density at radius 2 is 1.84 bits per heavy atom. The molecule has 2 aromatic rings. The first-order valence-electron chi connectivity index (χ1n) is 8.45. The number of nitrogens with zero attached hydrogens (tertiary/aromatic N) is 2. The van der Waals surface area contributed by atoms with E-state index in [0.29, 0.717) is 18.7 Å². The highest BCUT2D eigenvalue weighted by Crippen LogP contribution is 2.34. The lowest BCUT2D eigenvalue weighted by atomic mass is 10.0. The molecule has 0 saturated carbocycles. The van der Waals surface area contributed by atoms with Gasteiger partial charge in [0.25, 0.3) is 5.91 Å². The summed E-state index contributed by atoms with van der Waals surface area (Å²) in [6.45, 7) is 2.39. The van der Waals surface area contributed by atoms with Crippen molar-refractivity contribution < 1.29 is 9.53 Å². The number of anilines is 1. The Kier molecular flexibility index (Phi) is 5.46. The van der Waals surface area contributed by atoms with Crippen LogP contribution >= 0.6 is 0 Å². The third-order valence-corrected chi connectivity index (χ3v) is 4.17. The molecular formula is C20H23N3O2. The predicted molar refractivity (Wildman–Crippen MR) is 99.6 cm³/mol. The lowest BCUT2D eigenvalue weighted by Crippen LogP contribution is -2.39. The third kappa shape index (κ3) is 4.06. The summed E-state index contributed by atoms with van der Waals surface area (Å²) in [7, 11) is 1.62. The van der Waals surface area contributed by atoms with Gasteiger partial charge in [-0.2, -0.15) is 5.10 Å². The summed E-state index contributed by atoms with van der Waals surface area (Å²) in [5.74, 6) is -0.135. The maximum Gasteiger partial charge on any atom is 0.267 e. The molecule has 0 aliphatic carbocycles. The molecule has 1 aliphatic rings. The summed E-state index contributed by atoms with van der Waals surface area (Å²) in [4.78, 5) is 12.6. The van der Waals surface area contributed by atoms with Gasteiger partial charge in [0.05, 0.1) is 18.3 Å². The van der Waals surface area contributed by atoms with Crippen LogP contribution in [0, 0.1) is 0 Å². The Morgan fingerprint density at radius 1 is 1.20 bits per heavy atom. The molecule has 0 saturated heterocycles. The summed E-state index contributed by atoms with van der Waals surface area (Å²) in [6.07, 6.45) is 0.574. The number of carbonyl (C=O) groups excluding carboxylic acids is 1. The van der Waals surface area contributed by atoms with E-state index in [1.807, 2.05) is 60.5 Å². The molecule has 0 spiro atoms. The van der Waals surface area contributed by atoms with E-state index in [2.05, 4.69) is 22.6 Å². The maximum atomic E-state index is 12.6. The van der Waals surface area contributed by atoms with Crippen LogP contribution in [0.25, 0.3) is 0 Å². The van der Waals surface area contributed by atoms with Crippen LogP contribution in [0.15, 0.2) is 65.8 Å². The molecule has 1 amide bonds. The number of benzene rings is 2. The Balaban J connectivity index is 1.85. The van der Waals surface area contributed by atoms with Gasteiger partial charge < -0.3 is 10.1 Å². The van der Waals surface area contributed by atoms with Gasteiger partial charge in [0.15, 0.2) is 0 Å². The van der Waals surface area contributed by atoms with E-state index < -0.39 is 0 Å². The number of nitrogens with one attached hydrogen (secondary N) is 1. The first-order valence-corrected chi connectivity index (χ1v) is 8.45. The van der Waals surface area contributed by atoms with Gasteiger partial charge in [0, 0.05) is 19.6 Å². The molecular weight excluding hydrogens is 314 g/mol. The topological polar surface area (TPSA) is 53.9 Å². The van der Waals surface area contributed by atoms with Crippen LogP contribution in [0.3, 0.4) is 0 Å². The normalized spacial score (nSPS) is 17.9. The van der Waals surface area contributed by atoms with Crippen LogP contribution in [0.4, 0.5) is 5.69 Å². The van der Waals surface area contributed by atoms with Crippen molar-refractivity contribution in [2.75, 3.05) is 18.7 Å². The van der Waals surface area contributed by atoms with Crippen LogP contribution in [0.1, 0.15) is 24.9 Å². The van der Waals surface area contributed by atoms with Gasteiger partial charge in [-0.15, -0.1) is 0 Å². The Morgan fingerprint density at radius 3 is 2.48 bits per heavy atom. The Hall–Kier alpha value is -2.66. The summed E-state index contributed by atoms with van der Waals surface area (Å²) in [6, 6.07) is 20.1. The third-order valence-electron chi connectivity index (χ3n) is 4.17. The van der Waals surface area contributed by atoms with Crippen LogP contribution < -0.4 is 10.3 Å². The number of carbonyl (C=O) groups is 1.